The Morgan fingerprint density at radius 1 is 1.42 bits per heavy atom. The molecule has 1 rings (SSSR count). The summed E-state index contributed by atoms with van der Waals surface area (Å²) in [5, 5.41) is 3.09. The normalized spacial score (nSPS) is 19.6. The molecule has 0 spiro atoms. The first-order valence-corrected chi connectivity index (χ1v) is 7.29. The van der Waals surface area contributed by atoms with Crippen molar-refractivity contribution in [1.29, 1.82) is 0 Å². The molecular formula is C14H29N3O2. The Hall–Kier alpha value is -0.650. The second kappa shape index (κ2) is 7.82. The third-order valence-electron chi connectivity index (χ3n) is 3.86. The second-order valence-electron chi connectivity index (χ2n) is 5.59. The molecule has 1 aliphatic rings. The second-order valence-corrected chi connectivity index (χ2v) is 5.59. The number of esters is 1. The molecule has 0 saturated carbocycles. The molecule has 0 aromatic heterocycles. The Labute approximate surface area is 117 Å². The fraction of sp³-hybridized carbons (Fsp3) is 0.929. The van der Waals surface area contributed by atoms with Crippen molar-refractivity contribution < 1.29 is 9.53 Å². The first kappa shape index (κ1) is 16.4. The van der Waals surface area contributed by atoms with Crippen molar-refractivity contribution in [2.24, 2.45) is 0 Å². The molecule has 0 aromatic carbocycles. The molecule has 0 bridgehead atoms. The van der Waals surface area contributed by atoms with Gasteiger partial charge in [0.2, 0.25) is 0 Å². The lowest BCUT2D eigenvalue weighted by atomic mass is 10.0. The summed E-state index contributed by atoms with van der Waals surface area (Å²) in [5.74, 6) is -0.175. The van der Waals surface area contributed by atoms with Crippen LogP contribution < -0.4 is 5.32 Å². The zero-order valence-corrected chi connectivity index (χ0v) is 12.9. The van der Waals surface area contributed by atoms with E-state index in [0.717, 1.165) is 13.1 Å². The fourth-order valence-electron chi connectivity index (χ4n) is 2.47. The summed E-state index contributed by atoms with van der Waals surface area (Å²) >= 11 is 0. The van der Waals surface area contributed by atoms with Gasteiger partial charge in [-0.1, -0.05) is 0 Å². The lowest BCUT2D eigenvalue weighted by molar-refractivity contribution is -0.151. The van der Waals surface area contributed by atoms with Crippen molar-refractivity contribution in [3.8, 4) is 0 Å². The van der Waals surface area contributed by atoms with E-state index in [0.29, 0.717) is 13.2 Å². The summed E-state index contributed by atoms with van der Waals surface area (Å²) in [6, 6.07) is 0. The highest BCUT2D eigenvalue weighted by molar-refractivity contribution is 5.80. The summed E-state index contributed by atoms with van der Waals surface area (Å²) in [5.41, 5.74) is -0.629. The zero-order valence-electron chi connectivity index (χ0n) is 12.9. The van der Waals surface area contributed by atoms with Gasteiger partial charge in [-0.3, -0.25) is 4.79 Å². The molecule has 1 aliphatic heterocycles. The lowest BCUT2D eigenvalue weighted by Crippen LogP contribution is -2.56. The number of carbonyl (C=O) groups excluding carboxylic acids is 1. The van der Waals surface area contributed by atoms with E-state index in [1.807, 2.05) is 20.9 Å². The van der Waals surface area contributed by atoms with Crippen molar-refractivity contribution >= 4 is 5.97 Å². The number of hydrogen-bond donors (Lipinski definition) is 1. The van der Waals surface area contributed by atoms with Gasteiger partial charge in [0.05, 0.1) is 6.61 Å². The van der Waals surface area contributed by atoms with E-state index in [1.54, 1.807) is 0 Å². The van der Waals surface area contributed by atoms with Gasteiger partial charge in [0, 0.05) is 19.6 Å². The van der Waals surface area contributed by atoms with Crippen LogP contribution in [0.5, 0.6) is 0 Å². The van der Waals surface area contributed by atoms with Gasteiger partial charge in [-0.05, 0) is 53.9 Å². The van der Waals surface area contributed by atoms with E-state index in [1.165, 1.54) is 25.9 Å². The van der Waals surface area contributed by atoms with Crippen molar-refractivity contribution in [1.82, 2.24) is 15.1 Å². The van der Waals surface area contributed by atoms with Crippen LogP contribution in [0.25, 0.3) is 0 Å². The van der Waals surface area contributed by atoms with Crippen molar-refractivity contribution in [2.45, 2.75) is 32.2 Å². The van der Waals surface area contributed by atoms with E-state index in [4.69, 9.17) is 4.74 Å². The summed E-state index contributed by atoms with van der Waals surface area (Å²) < 4.78 is 5.14. The number of nitrogens with zero attached hydrogens (tertiary/aromatic N) is 2. The molecule has 1 unspecified atom stereocenters. The van der Waals surface area contributed by atoms with Crippen LogP contribution in [0.1, 0.15) is 26.7 Å². The molecule has 112 valence electrons. The molecular weight excluding hydrogens is 242 g/mol. The number of ether oxygens (including phenoxy) is 1. The molecule has 5 heteroatoms. The third-order valence-corrected chi connectivity index (χ3v) is 3.86. The highest BCUT2D eigenvalue weighted by Gasteiger charge is 2.34. The van der Waals surface area contributed by atoms with E-state index < -0.39 is 5.54 Å². The minimum absolute atomic E-state index is 0.175. The summed E-state index contributed by atoms with van der Waals surface area (Å²) in [6.45, 7) is 9.33. The average molecular weight is 271 g/mol. The maximum Gasteiger partial charge on any atom is 0.327 e. The van der Waals surface area contributed by atoms with Crippen LogP contribution in [-0.4, -0.2) is 74.7 Å². The van der Waals surface area contributed by atoms with Crippen LogP contribution in [-0.2, 0) is 9.53 Å². The van der Waals surface area contributed by atoms with Crippen LogP contribution in [0.3, 0.4) is 0 Å². The standard InChI is InChI=1S/C14H29N3O2/c1-5-19-13(18)14(2,15-3)12-16(4)10-11-17-8-6-7-9-17/h15H,5-12H2,1-4H3. The summed E-state index contributed by atoms with van der Waals surface area (Å²) in [6.07, 6.45) is 2.64. The molecule has 0 amide bonds. The van der Waals surface area contributed by atoms with Crippen LogP contribution in [0.2, 0.25) is 0 Å². The zero-order chi connectivity index (χ0) is 14.3. The van der Waals surface area contributed by atoms with E-state index >= 15 is 0 Å². The Morgan fingerprint density at radius 2 is 2.05 bits per heavy atom. The highest BCUT2D eigenvalue weighted by Crippen LogP contribution is 2.10. The van der Waals surface area contributed by atoms with Gasteiger partial charge in [0.15, 0.2) is 0 Å². The molecule has 0 radical (unpaired) electrons. The highest BCUT2D eigenvalue weighted by atomic mass is 16.5. The first-order chi connectivity index (χ1) is 9.01. The molecule has 0 aromatic rings. The van der Waals surface area contributed by atoms with Crippen LogP contribution in [0, 0.1) is 0 Å². The maximum absolute atomic E-state index is 12.0. The van der Waals surface area contributed by atoms with Crippen molar-refractivity contribution in [3.05, 3.63) is 0 Å². The number of rotatable bonds is 8. The largest absolute Gasteiger partial charge is 0.465 e. The van der Waals surface area contributed by atoms with Gasteiger partial charge < -0.3 is 19.9 Å². The topological polar surface area (TPSA) is 44.8 Å². The molecule has 1 atom stereocenters. The predicted octanol–water partition coefficient (Wildman–Crippen LogP) is 0.555. The summed E-state index contributed by atoms with van der Waals surface area (Å²) in [7, 11) is 3.87. The molecule has 5 nitrogen and oxygen atoms in total. The first-order valence-electron chi connectivity index (χ1n) is 7.29. The van der Waals surface area contributed by atoms with Gasteiger partial charge in [-0.25, -0.2) is 0 Å². The molecule has 0 aliphatic carbocycles. The number of nitrogens with one attached hydrogen (secondary N) is 1. The maximum atomic E-state index is 12.0. The van der Waals surface area contributed by atoms with E-state index in [2.05, 4.69) is 22.2 Å². The molecule has 1 fully saturated rings. The van der Waals surface area contributed by atoms with Crippen LogP contribution in [0.15, 0.2) is 0 Å². The Bertz CT molecular complexity index is 280. The summed E-state index contributed by atoms with van der Waals surface area (Å²) in [4.78, 5) is 16.7. The Morgan fingerprint density at radius 3 is 2.58 bits per heavy atom. The van der Waals surface area contributed by atoms with Crippen LogP contribution >= 0.6 is 0 Å². The van der Waals surface area contributed by atoms with E-state index in [-0.39, 0.29) is 5.97 Å². The van der Waals surface area contributed by atoms with Gasteiger partial charge in [0.1, 0.15) is 5.54 Å². The fourth-order valence-corrected chi connectivity index (χ4v) is 2.47. The van der Waals surface area contributed by atoms with Crippen molar-refractivity contribution in [3.63, 3.8) is 0 Å². The molecule has 1 saturated heterocycles. The third kappa shape index (κ3) is 5.09. The number of likely N-dealkylation sites (tertiary alicyclic amines) is 1. The lowest BCUT2D eigenvalue weighted by Gasteiger charge is -2.32. The quantitative estimate of drug-likeness (QED) is 0.653. The predicted molar refractivity (Wildman–Crippen MR) is 77.3 cm³/mol. The minimum atomic E-state index is -0.629. The molecule has 1 N–H and O–H groups in total. The van der Waals surface area contributed by atoms with Crippen molar-refractivity contribution in [2.75, 3.05) is 53.4 Å². The monoisotopic (exact) mass is 271 g/mol. The van der Waals surface area contributed by atoms with Gasteiger partial charge in [0.25, 0.3) is 0 Å². The van der Waals surface area contributed by atoms with Gasteiger partial charge in [-0.15, -0.1) is 0 Å². The smallest absolute Gasteiger partial charge is 0.327 e. The Kier molecular flexibility index (Phi) is 6.75. The number of hydrogen-bond acceptors (Lipinski definition) is 5. The van der Waals surface area contributed by atoms with Gasteiger partial charge in [-0.2, -0.15) is 0 Å². The Balaban J connectivity index is 2.38. The number of carbonyl (C=O) groups is 1. The molecule has 19 heavy (non-hydrogen) atoms. The van der Waals surface area contributed by atoms with E-state index in [9.17, 15) is 4.79 Å². The average Bonchev–Trinajstić information content (AvgIpc) is 2.89. The minimum Gasteiger partial charge on any atom is -0.465 e. The number of likely N-dealkylation sites (N-methyl/N-ethyl adjacent to an activating group) is 2. The molecule has 1 heterocycles. The van der Waals surface area contributed by atoms with Gasteiger partial charge >= 0.3 is 5.97 Å². The van der Waals surface area contributed by atoms with Crippen LogP contribution in [0.4, 0.5) is 0 Å². The SMILES string of the molecule is CCOC(=O)C(C)(CN(C)CCN1CCCC1)NC.